The fraction of sp³-hybridized carbons (Fsp3) is 0.217. The number of pyridine rings is 1. The molecule has 0 aliphatic heterocycles. The van der Waals surface area contributed by atoms with Gasteiger partial charge in [0.25, 0.3) is 5.91 Å². The predicted molar refractivity (Wildman–Crippen MR) is 113 cm³/mol. The van der Waals surface area contributed by atoms with Crippen LogP contribution in [0, 0.1) is 5.92 Å². The van der Waals surface area contributed by atoms with E-state index in [1.807, 2.05) is 60.7 Å². The average Bonchev–Trinajstić information content (AvgIpc) is 2.70. The van der Waals surface area contributed by atoms with Gasteiger partial charge in [-0.05, 0) is 48.7 Å². The van der Waals surface area contributed by atoms with Crippen molar-refractivity contribution in [3.8, 4) is 11.5 Å². The fourth-order valence-corrected chi connectivity index (χ4v) is 2.59. The van der Waals surface area contributed by atoms with Gasteiger partial charge in [0.05, 0.1) is 11.3 Å². The van der Waals surface area contributed by atoms with Crippen LogP contribution in [0.3, 0.4) is 0 Å². The van der Waals surface area contributed by atoms with Gasteiger partial charge in [0, 0.05) is 12.7 Å². The lowest BCUT2D eigenvalue weighted by molar-refractivity contribution is 0.102. The maximum absolute atomic E-state index is 12.6. The monoisotopic (exact) mass is 375 g/mol. The molecule has 0 unspecified atom stereocenters. The Kier molecular flexibility index (Phi) is 6.63. The number of rotatable bonds is 8. The van der Waals surface area contributed by atoms with Crippen molar-refractivity contribution in [2.75, 3.05) is 17.2 Å². The predicted octanol–water partition coefficient (Wildman–Crippen LogP) is 5.58. The molecule has 0 spiro atoms. The molecule has 3 aromatic rings. The number of carbonyl (C=O) groups excluding carboxylic acids is 1. The third-order valence-corrected chi connectivity index (χ3v) is 4.16. The fourth-order valence-electron chi connectivity index (χ4n) is 2.59. The molecule has 5 heteroatoms. The SMILES string of the molecule is CC(C)CCNc1ccc(C(=O)Nc2ccccc2Oc2ccccc2)cn1. The summed E-state index contributed by atoms with van der Waals surface area (Å²) in [5.74, 6) is 2.47. The molecule has 1 amide bonds. The van der Waals surface area contributed by atoms with Crippen LogP contribution in [0.5, 0.6) is 11.5 Å². The quantitative estimate of drug-likeness (QED) is 0.539. The highest BCUT2D eigenvalue weighted by Crippen LogP contribution is 2.29. The second-order valence-corrected chi connectivity index (χ2v) is 6.91. The number of nitrogens with zero attached hydrogens (tertiary/aromatic N) is 1. The number of para-hydroxylation sites is 3. The summed E-state index contributed by atoms with van der Waals surface area (Å²) in [5.41, 5.74) is 1.10. The standard InChI is InChI=1S/C23H25N3O2/c1-17(2)14-15-24-22-13-12-18(16-25-22)23(27)26-20-10-6-7-11-21(20)28-19-8-4-3-5-9-19/h3-13,16-17H,14-15H2,1-2H3,(H,24,25)(H,26,27). The Labute approximate surface area is 165 Å². The van der Waals surface area contributed by atoms with E-state index in [9.17, 15) is 4.79 Å². The molecule has 0 fully saturated rings. The summed E-state index contributed by atoms with van der Waals surface area (Å²) in [6.07, 6.45) is 2.65. The zero-order valence-corrected chi connectivity index (χ0v) is 16.2. The Balaban J connectivity index is 1.65. The Hall–Kier alpha value is -3.34. The Morgan fingerprint density at radius 3 is 2.46 bits per heavy atom. The first kappa shape index (κ1) is 19.4. The molecule has 0 radical (unpaired) electrons. The highest BCUT2D eigenvalue weighted by molar-refractivity contribution is 6.04. The summed E-state index contributed by atoms with van der Waals surface area (Å²) in [6.45, 7) is 5.23. The Morgan fingerprint density at radius 1 is 1.00 bits per heavy atom. The van der Waals surface area contributed by atoms with E-state index >= 15 is 0 Å². The summed E-state index contributed by atoms with van der Waals surface area (Å²) in [5, 5.41) is 6.17. The van der Waals surface area contributed by atoms with E-state index in [1.54, 1.807) is 12.3 Å². The van der Waals surface area contributed by atoms with Crippen molar-refractivity contribution < 1.29 is 9.53 Å². The molecule has 0 bridgehead atoms. The van der Waals surface area contributed by atoms with Crippen molar-refractivity contribution in [1.82, 2.24) is 4.98 Å². The lowest BCUT2D eigenvalue weighted by Gasteiger charge is -2.12. The van der Waals surface area contributed by atoms with Gasteiger partial charge < -0.3 is 15.4 Å². The zero-order chi connectivity index (χ0) is 19.8. The zero-order valence-electron chi connectivity index (χ0n) is 16.2. The molecule has 28 heavy (non-hydrogen) atoms. The minimum Gasteiger partial charge on any atom is -0.455 e. The van der Waals surface area contributed by atoms with E-state index in [1.165, 1.54) is 0 Å². The minimum atomic E-state index is -0.231. The number of hydrogen-bond donors (Lipinski definition) is 2. The van der Waals surface area contributed by atoms with Gasteiger partial charge >= 0.3 is 0 Å². The summed E-state index contributed by atoms with van der Waals surface area (Å²) in [4.78, 5) is 16.9. The lowest BCUT2D eigenvalue weighted by atomic mass is 10.1. The molecule has 0 saturated carbocycles. The average molecular weight is 375 g/mol. The van der Waals surface area contributed by atoms with Crippen LogP contribution in [0.2, 0.25) is 0 Å². The maximum Gasteiger partial charge on any atom is 0.257 e. The van der Waals surface area contributed by atoms with Crippen LogP contribution in [0.25, 0.3) is 0 Å². The number of ether oxygens (including phenoxy) is 1. The number of amides is 1. The van der Waals surface area contributed by atoms with Crippen molar-refractivity contribution in [2.24, 2.45) is 5.92 Å². The third kappa shape index (κ3) is 5.58. The molecule has 1 heterocycles. The van der Waals surface area contributed by atoms with E-state index in [0.717, 1.165) is 18.8 Å². The van der Waals surface area contributed by atoms with Crippen LogP contribution in [0.1, 0.15) is 30.6 Å². The van der Waals surface area contributed by atoms with E-state index in [0.29, 0.717) is 28.7 Å². The van der Waals surface area contributed by atoms with Crippen molar-refractivity contribution >= 4 is 17.4 Å². The van der Waals surface area contributed by atoms with Gasteiger partial charge in [-0.2, -0.15) is 0 Å². The number of nitrogens with one attached hydrogen (secondary N) is 2. The molecule has 0 aliphatic rings. The van der Waals surface area contributed by atoms with Crippen molar-refractivity contribution in [3.05, 3.63) is 78.5 Å². The second kappa shape index (κ2) is 9.55. The first-order valence-electron chi connectivity index (χ1n) is 9.45. The van der Waals surface area contributed by atoms with E-state index < -0.39 is 0 Å². The van der Waals surface area contributed by atoms with Gasteiger partial charge in [-0.15, -0.1) is 0 Å². The van der Waals surface area contributed by atoms with Gasteiger partial charge in [0.2, 0.25) is 0 Å². The summed E-state index contributed by atoms with van der Waals surface area (Å²) in [7, 11) is 0. The van der Waals surface area contributed by atoms with Crippen molar-refractivity contribution in [2.45, 2.75) is 20.3 Å². The molecule has 144 valence electrons. The molecule has 2 N–H and O–H groups in total. The first-order valence-corrected chi connectivity index (χ1v) is 9.45. The molecular weight excluding hydrogens is 350 g/mol. The second-order valence-electron chi connectivity index (χ2n) is 6.91. The van der Waals surface area contributed by atoms with Crippen LogP contribution < -0.4 is 15.4 Å². The number of benzene rings is 2. The third-order valence-electron chi connectivity index (χ3n) is 4.16. The van der Waals surface area contributed by atoms with Crippen LogP contribution in [-0.2, 0) is 0 Å². The molecular formula is C23H25N3O2. The van der Waals surface area contributed by atoms with Crippen molar-refractivity contribution in [3.63, 3.8) is 0 Å². The number of anilines is 2. The molecule has 0 saturated heterocycles. The molecule has 0 aliphatic carbocycles. The normalized spacial score (nSPS) is 10.5. The first-order chi connectivity index (χ1) is 13.6. The summed E-state index contributed by atoms with van der Waals surface area (Å²) < 4.78 is 5.89. The summed E-state index contributed by atoms with van der Waals surface area (Å²) in [6, 6.07) is 20.4. The largest absolute Gasteiger partial charge is 0.455 e. The summed E-state index contributed by atoms with van der Waals surface area (Å²) >= 11 is 0. The maximum atomic E-state index is 12.6. The number of carbonyl (C=O) groups is 1. The smallest absolute Gasteiger partial charge is 0.257 e. The van der Waals surface area contributed by atoms with Gasteiger partial charge in [-0.3, -0.25) is 4.79 Å². The van der Waals surface area contributed by atoms with Gasteiger partial charge in [0.1, 0.15) is 11.6 Å². The Bertz CT molecular complexity index is 893. The van der Waals surface area contributed by atoms with E-state index in [2.05, 4.69) is 29.5 Å². The highest BCUT2D eigenvalue weighted by Gasteiger charge is 2.11. The number of hydrogen-bond acceptors (Lipinski definition) is 4. The van der Waals surface area contributed by atoms with E-state index in [4.69, 9.17) is 4.74 Å². The molecule has 1 aromatic heterocycles. The topological polar surface area (TPSA) is 63.2 Å². The molecule has 3 rings (SSSR count). The molecule has 2 aromatic carbocycles. The van der Waals surface area contributed by atoms with E-state index in [-0.39, 0.29) is 5.91 Å². The van der Waals surface area contributed by atoms with Crippen LogP contribution >= 0.6 is 0 Å². The van der Waals surface area contributed by atoms with Crippen LogP contribution in [-0.4, -0.2) is 17.4 Å². The molecule has 5 nitrogen and oxygen atoms in total. The Morgan fingerprint density at radius 2 is 1.75 bits per heavy atom. The molecule has 0 atom stereocenters. The van der Waals surface area contributed by atoms with Gasteiger partial charge in [0.15, 0.2) is 5.75 Å². The lowest BCUT2D eigenvalue weighted by Crippen LogP contribution is -2.13. The van der Waals surface area contributed by atoms with Gasteiger partial charge in [-0.1, -0.05) is 44.2 Å². The van der Waals surface area contributed by atoms with Crippen molar-refractivity contribution in [1.29, 1.82) is 0 Å². The highest BCUT2D eigenvalue weighted by atomic mass is 16.5. The minimum absolute atomic E-state index is 0.231. The van der Waals surface area contributed by atoms with Crippen LogP contribution in [0.4, 0.5) is 11.5 Å². The van der Waals surface area contributed by atoms with Crippen LogP contribution in [0.15, 0.2) is 72.9 Å². The van der Waals surface area contributed by atoms with Gasteiger partial charge in [-0.25, -0.2) is 4.98 Å². The number of aromatic nitrogens is 1.